The fourth-order valence-corrected chi connectivity index (χ4v) is 1.05. The van der Waals surface area contributed by atoms with E-state index in [2.05, 4.69) is 9.97 Å². The molecule has 2 rings (SSSR count). The van der Waals surface area contributed by atoms with Crippen molar-refractivity contribution in [3.8, 4) is 0 Å². The zero-order valence-corrected chi connectivity index (χ0v) is 5.62. The first kappa shape index (κ1) is 5.65. The van der Waals surface area contributed by atoms with Gasteiger partial charge in [-0.2, -0.15) is 0 Å². The van der Waals surface area contributed by atoms with Crippen LogP contribution in [0.4, 0.5) is 5.69 Å². The molecule has 0 amide bonds. The van der Waals surface area contributed by atoms with E-state index >= 15 is 0 Å². The summed E-state index contributed by atoms with van der Waals surface area (Å²) in [5.74, 6) is 0.628. The summed E-state index contributed by atoms with van der Waals surface area (Å²) >= 11 is 0. The highest BCUT2D eigenvalue weighted by Crippen LogP contribution is 2.40. The van der Waals surface area contributed by atoms with Crippen LogP contribution >= 0.6 is 0 Å². The summed E-state index contributed by atoms with van der Waals surface area (Å²) in [4.78, 5) is 7.92. The lowest BCUT2D eigenvalue weighted by Gasteiger charge is -1.98. The molecule has 1 saturated carbocycles. The van der Waals surface area contributed by atoms with E-state index in [1.807, 2.05) is 0 Å². The lowest BCUT2D eigenvalue weighted by atomic mass is 10.2. The lowest BCUT2D eigenvalue weighted by molar-refractivity contribution is 0.994. The Bertz CT molecular complexity index is 242. The average Bonchev–Trinajstić information content (AvgIpc) is 2.71. The molecule has 3 nitrogen and oxygen atoms in total. The summed E-state index contributed by atoms with van der Waals surface area (Å²) < 4.78 is 0. The van der Waals surface area contributed by atoms with Gasteiger partial charge in [-0.25, -0.2) is 9.97 Å². The van der Waals surface area contributed by atoms with Gasteiger partial charge in [0.2, 0.25) is 0 Å². The average molecular weight is 135 g/mol. The van der Waals surface area contributed by atoms with Gasteiger partial charge in [0.1, 0.15) is 6.33 Å². The molecule has 3 heteroatoms. The number of nitrogens with two attached hydrogens (primary N) is 1. The van der Waals surface area contributed by atoms with E-state index in [0.717, 1.165) is 11.4 Å². The van der Waals surface area contributed by atoms with Crippen molar-refractivity contribution >= 4 is 5.69 Å². The topological polar surface area (TPSA) is 51.8 Å². The van der Waals surface area contributed by atoms with Crippen LogP contribution in [0, 0.1) is 0 Å². The molecule has 0 bridgehead atoms. The zero-order chi connectivity index (χ0) is 6.97. The van der Waals surface area contributed by atoms with E-state index in [1.165, 1.54) is 12.8 Å². The molecule has 1 aliphatic carbocycles. The van der Waals surface area contributed by atoms with E-state index < -0.39 is 0 Å². The van der Waals surface area contributed by atoms with E-state index in [-0.39, 0.29) is 0 Å². The Hall–Kier alpha value is -1.12. The van der Waals surface area contributed by atoms with Crippen molar-refractivity contribution in [1.82, 2.24) is 9.97 Å². The minimum Gasteiger partial charge on any atom is -0.396 e. The number of hydrogen-bond donors (Lipinski definition) is 1. The smallest absolute Gasteiger partial charge is 0.115 e. The standard InChI is InChI=1S/C7H9N3/c8-6-3-9-4-10-7(6)5-1-2-5/h3-5H,1-2,8H2. The molecule has 0 saturated heterocycles. The van der Waals surface area contributed by atoms with E-state index in [1.54, 1.807) is 12.5 Å². The highest BCUT2D eigenvalue weighted by atomic mass is 14.9. The second-order valence-electron chi connectivity index (χ2n) is 2.64. The predicted octanol–water partition coefficient (Wildman–Crippen LogP) is 0.936. The molecule has 1 fully saturated rings. The Morgan fingerprint density at radius 1 is 1.50 bits per heavy atom. The summed E-state index contributed by atoms with van der Waals surface area (Å²) in [6.45, 7) is 0. The summed E-state index contributed by atoms with van der Waals surface area (Å²) in [5, 5.41) is 0. The summed E-state index contributed by atoms with van der Waals surface area (Å²) in [6.07, 6.45) is 5.70. The van der Waals surface area contributed by atoms with Gasteiger partial charge in [0.05, 0.1) is 17.6 Å². The third-order valence-corrected chi connectivity index (χ3v) is 1.74. The first-order chi connectivity index (χ1) is 4.88. The molecule has 10 heavy (non-hydrogen) atoms. The second kappa shape index (κ2) is 1.94. The van der Waals surface area contributed by atoms with Crippen LogP contribution in [0.2, 0.25) is 0 Å². The SMILES string of the molecule is Nc1cncnc1C1CC1. The number of aromatic nitrogens is 2. The monoisotopic (exact) mass is 135 g/mol. The van der Waals surface area contributed by atoms with Gasteiger partial charge < -0.3 is 5.73 Å². The van der Waals surface area contributed by atoms with Crippen molar-refractivity contribution in [2.45, 2.75) is 18.8 Å². The van der Waals surface area contributed by atoms with Crippen LogP contribution in [0.1, 0.15) is 24.5 Å². The highest BCUT2D eigenvalue weighted by Gasteiger charge is 2.26. The molecule has 0 unspecified atom stereocenters. The molecule has 1 aromatic heterocycles. The van der Waals surface area contributed by atoms with Gasteiger partial charge in [-0.05, 0) is 12.8 Å². The van der Waals surface area contributed by atoms with Crippen LogP contribution in [-0.4, -0.2) is 9.97 Å². The predicted molar refractivity (Wildman–Crippen MR) is 38.4 cm³/mol. The molecule has 2 N–H and O–H groups in total. The molecular weight excluding hydrogens is 126 g/mol. The van der Waals surface area contributed by atoms with E-state index in [0.29, 0.717) is 5.92 Å². The Kier molecular flexibility index (Phi) is 1.09. The number of hydrogen-bond acceptors (Lipinski definition) is 3. The molecule has 1 aromatic rings. The normalized spacial score (nSPS) is 17.2. The maximum atomic E-state index is 5.64. The van der Waals surface area contributed by atoms with Gasteiger partial charge in [-0.15, -0.1) is 0 Å². The second-order valence-corrected chi connectivity index (χ2v) is 2.64. The third-order valence-electron chi connectivity index (χ3n) is 1.74. The Balaban J connectivity index is 2.39. The Morgan fingerprint density at radius 3 is 2.90 bits per heavy atom. The van der Waals surface area contributed by atoms with E-state index in [9.17, 15) is 0 Å². The van der Waals surface area contributed by atoms with Crippen LogP contribution in [-0.2, 0) is 0 Å². The highest BCUT2D eigenvalue weighted by molar-refractivity contribution is 5.43. The number of rotatable bonds is 1. The third kappa shape index (κ3) is 0.835. The maximum Gasteiger partial charge on any atom is 0.115 e. The van der Waals surface area contributed by atoms with Crippen LogP contribution in [0.15, 0.2) is 12.5 Å². The van der Waals surface area contributed by atoms with Gasteiger partial charge in [0, 0.05) is 5.92 Å². The van der Waals surface area contributed by atoms with Crippen molar-refractivity contribution in [1.29, 1.82) is 0 Å². The first-order valence-corrected chi connectivity index (χ1v) is 3.43. The van der Waals surface area contributed by atoms with Crippen molar-refractivity contribution < 1.29 is 0 Å². The van der Waals surface area contributed by atoms with Gasteiger partial charge >= 0.3 is 0 Å². The van der Waals surface area contributed by atoms with Gasteiger partial charge in [0.15, 0.2) is 0 Å². The lowest BCUT2D eigenvalue weighted by Crippen LogP contribution is -1.96. The van der Waals surface area contributed by atoms with Gasteiger partial charge in [-0.3, -0.25) is 0 Å². The molecule has 0 aliphatic heterocycles. The van der Waals surface area contributed by atoms with Crippen molar-refractivity contribution in [3.63, 3.8) is 0 Å². The molecule has 1 heterocycles. The van der Waals surface area contributed by atoms with E-state index in [4.69, 9.17) is 5.73 Å². The van der Waals surface area contributed by atoms with Crippen LogP contribution < -0.4 is 5.73 Å². The Morgan fingerprint density at radius 2 is 2.30 bits per heavy atom. The zero-order valence-electron chi connectivity index (χ0n) is 5.62. The number of nitrogen functional groups attached to an aromatic ring is 1. The molecule has 0 radical (unpaired) electrons. The first-order valence-electron chi connectivity index (χ1n) is 3.43. The number of nitrogens with zero attached hydrogens (tertiary/aromatic N) is 2. The Labute approximate surface area is 59.3 Å². The fourth-order valence-electron chi connectivity index (χ4n) is 1.05. The molecule has 0 spiro atoms. The molecular formula is C7H9N3. The molecule has 52 valence electrons. The largest absolute Gasteiger partial charge is 0.396 e. The van der Waals surface area contributed by atoms with Crippen molar-refractivity contribution in [3.05, 3.63) is 18.2 Å². The molecule has 1 aliphatic rings. The van der Waals surface area contributed by atoms with Gasteiger partial charge in [-0.1, -0.05) is 0 Å². The summed E-state index contributed by atoms with van der Waals surface area (Å²) in [6, 6.07) is 0. The van der Waals surface area contributed by atoms with Crippen LogP contribution in [0.5, 0.6) is 0 Å². The summed E-state index contributed by atoms with van der Waals surface area (Å²) in [5.41, 5.74) is 7.41. The molecule has 0 aromatic carbocycles. The number of anilines is 1. The molecule has 0 atom stereocenters. The quantitative estimate of drug-likeness (QED) is 0.623. The van der Waals surface area contributed by atoms with Crippen LogP contribution in [0.25, 0.3) is 0 Å². The van der Waals surface area contributed by atoms with Crippen molar-refractivity contribution in [2.75, 3.05) is 5.73 Å². The fraction of sp³-hybridized carbons (Fsp3) is 0.429. The minimum absolute atomic E-state index is 0.628. The minimum atomic E-state index is 0.628. The van der Waals surface area contributed by atoms with Crippen molar-refractivity contribution in [2.24, 2.45) is 0 Å². The van der Waals surface area contributed by atoms with Crippen LogP contribution in [0.3, 0.4) is 0 Å². The summed E-state index contributed by atoms with van der Waals surface area (Å²) in [7, 11) is 0. The van der Waals surface area contributed by atoms with Gasteiger partial charge in [0.25, 0.3) is 0 Å². The maximum absolute atomic E-state index is 5.64.